The zero-order chi connectivity index (χ0) is 13.4. The van der Waals surface area contributed by atoms with Gasteiger partial charge in [-0.3, -0.25) is 4.57 Å². The van der Waals surface area contributed by atoms with Gasteiger partial charge in [0.05, 0.1) is 31.3 Å². The van der Waals surface area contributed by atoms with Crippen LogP contribution in [-0.2, 0) is 11.3 Å². The van der Waals surface area contributed by atoms with Crippen LogP contribution in [0.2, 0.25) is 0 Å². The van der Waals surface area contributed by atoms with Crippen LogP contribution in [0.4, 0.5) is 0 Å². The molecule has 0 saturated carbocycles. The van der Waals surface area contributed by atoms with E-state index >= 15 is 0 Å². The third-order valence-electron chi connectivity index (χ3n) is 3.28. The molecule has 1 fully saturated rings. The minimum absolute atomic E-state index is 0.219. The second-order valence-corrected chi connectivity index (χ2v) is 4.42. The van der Waals surface area contributed by atoms with E-state index in [4.69, 9.17) is 9.84 Å². The minimum Gasteiger partial charge on any atom is -0.394 e. The molecule has 0 aromatic carbocycles. The molecule has 0 spiro atoms. The Kier molecular flexibility index (Phi) is 3.15. The summed E-state index contributed by atoms with van der Waals surface area (Å²) in [4.78, 5) is 12.2. The molecule has 0 bridgehead atoms. The predicted molar refractivity (Wildman–Crippen MR) is 62.9 cm³/mol. The van der Waals surface area contributed by atoms with E-state index in [0.717, 1.165) is 0 Å². The standard InChI is InChI=1S/C11H14N4O4/c16-2-6-10-11(13-4-12-6)15(5-14-10)9-1-7(18)8(3-17)19-9/h4-5,7-9,16-18H,1-3H2/t7-,8+,9+/m0/s1. The summed E-state index contributed by atoms with van der Waals surface area (Å²) >= 11 is 0. The van der Waals surface area contributed by atoms with Crippen LogP contribution in [0.3, 0.4) is 0 Å². The van der Waals surface area contributed by atoms with Crippen molar-refractivity contribution in [3.05, 3.63) is 18.3 Å². The Morgan fingerprint density at radius 1 is 1.32 bits per heavy atom. The number of rotatable bonds is 3. The van der Waals surface area contributed by atoms with Gasteiger partial charge in [0.1, 0.15) is 24.2 Å². The average Bonchev–Trinajstić information content (AvgIpc) is 3.01. The average molecular weight is 266 g/mol. The van der Waals surface area contributed by atoms with Crippen LogP contribution in [0.1, 0.15) is 18.3 Å². The van der Waals surface area contributed by atoms with Crippen LogP contribution in [0.15, 0.2) is 12.7 Å². The quantitative estimate of drug-likeness (QED) is 0.650. The maximum Gasteiger partial charge on any atom is 0.165 e. The number of nitrogens with zero attached hydrogens (tertiary/aromatic N) is 4. The van der Waals surface area contributed by atoms with Gasteiger partial charge in [0.2, 0.25) is 0 Å². The van der Waals surface area contributed by atoms with Crippen molar-refractivity contribution in [1.82, 2.24) is 19.5 Å². The Hall–Kier alpha value is -1.61. The number of aromatic nitrogens is 4. The molecule has 19 heavy (non-hydrogen) atoms. The van der Waals surface area contributed by atoms with Crippen molar-refractivity contribution in [3.63, 3.8) is 0 Å². The van der Waals surface area contributed by atoms with E-state index in [9.17, 15) is 10.2 Å². The van der Waals surface area contributed by atoms with Crippen LogP contribution in [0, 0.1) is 0 Å². The number of imidazole rings is 1. The topological polar surface area (TPSA) is 114 Å². The SMILES string of the molecule is OCc1ncnc2c1ncn2[C@H]1C[C@H](O)[C@@H](CO)O1. The van der Waals surface area contributed by atoms with Gasteiger partial charge in [0, 0.05) is 6.42 Å². The first-order valence-electron chi connectivity index (χ1n) is 5.96. The summed E-state index contributed by atoms with van der Waals surface area (Å²) < 4.78 is 7.22. The molecule has 2 aromatic heterocycles. The third kappa shape index (κ3) is 1.98. The van der Waals surface area contributed by atoms with Crippen LogP contribution in [0.5, 0.6) is 0 Å². The van der Waals surface area contributed by atoms with Crippen LogP contribution in [-0.4, -0.2) is 53.7 Å². The lowest BCUT2D eigenvalue weighted by Crippen LogP contribution is -2.24. The van der Waals surface area contributed by atoms with Gasteiger partial charge in [0.25, 0.3) is 0 Å². The zero-order valence-electron chi connectivity index (χ0n) is 10.0. The fourth-order valence-electron chi connectivity index (χ4n) is 2.28. The maximum atomic E-state index is 9.74. The van der Waals surface area contributed by atoms with Gasteiger partial charge < -0.3 is 20.1 Å². The summed E-state index contributed by atoms with van der Waals surface area (Å²) in [6.07, 6.45) is 1.50. The van der Waals surface area contributed by atoms with E-state index in [0.29, 0.717) is 23.3 Å². The summed E-state index contributed by atoms with van der Waals surface area (Å²) in [7, 11) is 0. The smallest absolute Gasteiger partial charge is 0.165 e. The van der Waals surface area contributed by atoms with Crippen LogP contribution in [0.25, 0.3) is 11.2 Å². The minimum atomic E-state index is -0.716. The van der Waals surface area contributed by atoms with E-state index in [1.807, 2.05) is 0 Å². The van der Waals surface area contributed by atoms with Gasteiger partial charge in [-0.15, -0.1) is 0 Å². The Balaban J connectivity index is 1.98. The van der Waals surface area contributed by atoms with Crippen molar-refractivity contribution in [3.8, 4) is 0 Å². The molecule has 0 aliphatic carbocycles. The predicted octanol–water partition coefficient (Wildman–Crippen LogP) is -1.04. The summed E-state index contributed by atoms with van der Waals surface area (Å²) in [5.74, 6) is 0. The maximum absolute atomic E-state index is 9.74. The van der Waals surface area contributed by atoms with E-state index in [2.05, 4.69) is 15.0 Å². The van der Waals surface area contributed by atoms with Gasteiger partial charge in [-0.2, -0.15) is 0 Å². The molecule has 8 heteroatoms. The van der Waals surface area contributed by atoms with Gasteiger partial charge >= 0.3 is 0 Å². The molecule has 3 rings (SSSR count). The number of aliphatic hydroxyl groups excluding tert-OH is 3. The number of fused-ring (bicyclic) bond motifs is 1. The fraction of sp³-hybridized carbons (Fsp3) is 0.545. The van der Waals surface area contributed by atoms with Crippen molar-refractivity contribution in [2.45, 2.75) is 31.5 Å². The Bertz CT molecular complexity index is 587. The highest BCUT2D eigenvalue weighted by Gasteiger charge is 2.35. The van der Waals surface area contributed by atoms with Gasteiger partial charge in [0.15, 0.2) is 5.65 Å². The first-order valence-corrected chi connectivity index (χ1v) is 5.96. The lowest BCUT2D eigenvalue weighted by atomic mass is 10.2. The summed E-state index contributed by atoms with van der Waals surface area (Å²) in [5, 5.41) is 28.0. The largest absolute Gasteiger partial charge is 0.394 e. The van der Waals surface area contributed by atoms with Crippen molar-refractivity contribution < 1.29 is 20.1 Å². The zero-order valence-corrected chi connectivity index (χ0v) is 10.0. The molecule has 0 amide bonds. The van der Waals surface area contributed by atoms with E-state index in [-0.39, 0.29) is 13.2 Å². The summed E-state index contributed by atoms with van der Waals surface area (Å²) in [6.45, 7) is -0.454. The molecule has 1 saturated heterocycles. The second kappa shape index (κ2) is 4.82. The molecule has 3 N–H and O–H groups in total. The highest BCUT2D eigenvalue weighted by Crippen LogP contribution is 2.30. The Morgan fingerprint density at radius 3 is 2.84 bits per heavy atom. The van der Waals surface area contributed by atoms with Crippen LogP contribution >= 0.6 is 0 Å². The van der Waals surface area contributed by atoms with E-state index in [1.54, 1.807) is 4.57 Å². The fourth-order valence-corrected chi connectivity index (χ4v) is 2.28. The number of hydrogen-bond acceptors (Lipinski definition) is 7. The lowest BCUT2D eigenvalue weighted by molar-refractivity contribution is -0.0432. The molecular formula is C11H14N4O4. The molecule has 3 atom stereocenters. The molecule has 102 valence electrons. The van der Waals surface area contributed by atoms with Crippen molar-refractivity contribution >= 4 is 11.2 Å². The highest BCUT2D eigenvalue weighted by atomic mass is 16.5. The first kappa shape index (κ1) is 12.4. The summed E-state index contributed by atoms with van der Waals surface area (Å²) in [5.41, 5.74) is 1.49. The molecule has 0 radical (unpaired) electrons. The molecule has 8 nitrogen and oxygen atoms in total. The molecule has 0 unspecified atom stereocenters. The summed E-state index contributed by atoms with van der Waals surface area (Å²) in [6, 6.07) is 0. The molecule has 3 heterocycles. The number of ether oxygens (including phenoxy) is 1. The van der Waals surface area contributed by atoms with Gasteiger partial charge in [-0.05, 0) is 0 Å². The van der Waals surface area contributed by atoms with E-state index < -0.39 is 18.4 Å². The normalized spacial score (nSPS) is 27.2. The number of hydrogen-bond donors (Lipinski definition) is 3. The van der Waals surface area contributed by atoms with Crippen molar-refractivity contribution in [2.24, 2.45) is 0 Å². The molecule has 1 aliphatic rings. The molecule has 1 aliphatic heterocycles. The highest BCUT2D eigenvalue weighted by molar-refractivity contribution is 5.72. The number of aliphatic hydroxyl groups is 3. The first-order chi connectivity index (χ1) is 9.24. The third-order valence-corrected chi connectivity index (χ3v) is 3.28. The molecule has 2 aromatic rings. The van der Waals surface area contributed by atoms with Gasteiger partial charge in [-0.1, -0.05) is 0 Å². The van der Waals surface area contributed by atoms with Gasteiger partial charge in [-0.25, -0.2) is 15.0 Å². The Morgan fingerprint density at radius 2 is 2.16 bits per heavy atom. The van der Waals surface area contributed by atoms with Crippen molar-refractivity contribution in [1.29, 1.82) is 0 Å². The van der Waals surface area contributed by atoms with E-state index in [1.165, 1.54) is 12.7 Å². The van der Waals surface area contributed by atoms with Crippen LogP contribution < -0.4 is 0 Å². The lowest BCUT2D eigenvalue weighted by Gasteiger charge is -2.13. The molecular weight excluding hydrogens is 252 g/mol. The van der Waals surface area contributed by atoms with Crippen molar-refractivity contribution in [2.75, 3.05) is 6.61 Å². The Labute approximate surface area is 108 Å². The monoisotopic (exact) mass is 266 g/mol. The second-order valence-electron chi connectivity index (χ2n) is 4.42.